The maximum Gasteiger partial charge on any atom is 0.254 e. The van der Waals surface area contributed by atoms with Gasteiger partial charge in [-0.2, -0.15) is 4.31 Å². The molecular weight excluding hydrogens is 526 g/mol. The third-order valence-corrected chi connectivity index (χ3v) is 9.56. The summed E-state index contributed by atoms with van der Waals surface area (Å²) in [6.45, 7) is 8.81. The molecule has 1 fully saturated rings. The zero-order valence-corrected chi connectivity index (χ0v) is 23.5. The standard InChI is InChI=1S/C27H37N3O6S2/c1-4-37(33,34)28-18-23-14-16-30(20-23)38(35,36)26-12-10-25(11-13-26)27(32)29(15-5-17-31)19-22-6-8-24(9-7-22)21(2)3/h4,6-13,21,23,28,31H,1,5,14-20H2,2-3H3. The molecule has 2 aromatic rings. The molecule has 9 nitrogen and oxygen atoms in total. The second kappa shape index (κ2) is 13.0. The number of carbonyl (C=O) groups is 1. The molecule has 38 heavy (non-hydrogen) atoms. The highest BCUT2D eigenvalue weighted by atomic mass is 32.2. The maximum absolute atomic E-state index is 13.3. The highest BCUT2D eigenvalue weighted by Crippen LogP contribution is 2.25. The van der Waals surface area contributed by atoms with Gasteiger partial charge in [0.2, 0.25) is 20.0 Å². The molecule has 11 heteroatoms. The molecule has 0 bridgehead atoms. The summed E-state index contributed by atoms with van der Waals surface area (Å²) in [5, 5.41) is 10.1. The minimum Gasteiger partial charge on any atom is -0.396 e. The van der Waals surface area contributed by atoms with Crippen LogP contribution in [0.4, 0.5) is 0 Å². The molecule has 1 aliphatic heterocycles. The Kier molecular flexibility index (Phi) is 10.2. The third-order valence-electron chi connectivity index (χ3n) is 6.67. The fourth-order valence-electron chi connectivity index (χ4n) is 4.32. The van der Waals surface area contributed by atoms with E-state index in [1.807, 2.05) is 24.3 Å². The van der Waals surface area contributed by atoms with Crippen LogP contribution in [-0.4, -0.2) is 69.8 Å². The van der Waals surface area contributed by atoms with Crippen LogP contribution in [0.3, 0.4) is 0 Å². The molecule has 0 spiro atoms. The molecule has 208 valence electrons. The van der Waals surface area contributed by atoms with Crippen LogP contribution in [0.15, 0.2) is 65.4 Å². The van der Waals surface area contributed by atoms with Crippen molar-refractivity contribution in [2.24, 2.45) is 5.92 Å². The van der Waals surface area contributed by atoms with E-state index >= 15 is 0 Å². The molecule has 1 atom stereocenters. The number of nitrogens with one attached hydrogen (secondary N) is 1. The van der Waals surface area contributed by atoms with Crippen molar-refractivity contribution in [2.75, 3.05) is 32.8 Å². The first-order valence-corrected chi connectivity index (χ1v) is 15.7. The Balaban J connectivity index is 1.69. The van der Waals surface area contributed by atoms with Crippen LogP contribution in [0.2, 0.25) is 0 Å². The number of sulfonamides is 2. The van der Waals surface area contributed by atoms with Gasteiger partial charge in [-0.05, 0) is 60.1 Å². The Morgan fingerprint density at radius 1 is 1.13 bits per heavy atom. The van der Waals surface area contributed by atoms with Gasteiger partial charge in [-0.3, -0.25) is 4.79 Å². The van der Waals surface area contributed by atoms with Gasteiger partial charge in [0, 0.05) is 50.3 Å². The van der Waals surface area contributed by atoms with Crippen molar-refractivity contribution < 1.29 is 26.7 Å². The van der Waals surface area contributed by atoms with Crippen LogP contribution in [0.25, 0.3) is 0 Å². The minimum absolute atomic E-state index is 0.0425. The van der Waals surface area contributed by atoms with Gasteiger partial charge < -0.3 is 10.0 Å². The highest BCUT2D eigenvalue weighted by molar-refractivity contribution is 7.92. The monoisotopic (exact) mass is 563 g/mol. The topological polar surface area (TPSA) is 124 Å². The van der Waals surface area contributed by atoms with Crippen molar-refractivity contribution in [3.8, 4) is 0 Å². The number of hydrogen-bond acceptors (Lipinski definition) is 6. The van der Waals surface area contributed by atoms with E-state index in [1.54, 1.807) is 4.90 Å². The highest BCUT2D eigenvalue weighted by Gasteiger charge is 2.33. The van der Waals surface area contributed by atoms with E-state index in [9.17, 15) is 26.7 Å². The molecular formula is C27H37N3O6S2. The van der Waals surface area contributed by atoms with Gasteiger partial charge >= 0.3 is 0 Å². The fourth-order valence-corrected chi connectivity index (χ4v) is 6.44. The molecule has 1 heterocycles. The Morgan fingerprint density at radius 3 is 2.37 bits per heavy atom. The first-order valence-electron chi connectivity index (χ1n) is 12.7. The Hall–Kier alpha value is -2.57. The molecule has 0 radical (unpaired) electrons. The predicted molar refractivity (Wildman–Crippen MR) is 147 cm³/mol. The largest absolute Gasteiger partial charge is 0.396 e. The SMILES string of the molecule is C=CS(=O)(=O)NCC1CCN(S(=O)(=O)c2ccc(C(=O)N(CCCO)Cc3ccc(C(C)C)cc3)cc2)C1. The Bertz CT molecular complexity index is 1310. The van der Waals surface area contributed by atoms with Gasteiger partial charge in [-0.25, -0.2) is 21.6 Å². The summed E-state index contributed by atoms with van der Waals surface area (Å²) in [6.07, 6.45) is 0.967. The second-order valence-corrected chi connectivity index (χ2v) is 13.5. The van der Waals surface area contributed by atoms with Gasteiger partial charge in [0.05, 0.1) is 4.90 Å². The van der Waals surface area contributed by atoms with E-state index in [1.165, 1.54) is 34.1 Å². The molecule has 0 aliphatic carbocycles. The van der Waals surface area contributed by atoms with Crippen LogP contribution in [0.1, 0.15) is 54.1 Å². The number of aliphatic hydroxyl groups excluding tert-OH is 1. The lowest BCUT2D eigenvalue weighted by Gasteiger charge is -2.23. The summed E-state index contributed by atoms with van der Waals surface area (Å²) < 4.78 is 53.2. The summed E-state index contributed by atoms with van der Waals surface area (Å²) in [4.78, 5) is 15.0. The van der Waals surface area contributed by atoms with Gasteiger partial charge in [-0.15, -0.1) is 0 Å². The third kappa shape index (κ3) is 7.73. The molecule has 3 rings (SSSR count). The second-order valence-electron chi connectivity index (χ2n) is 9.80. The number of hydrogen-bond donors (Lipinski definition) is 2. The van der Waals surface area contributed by atoms with Crippen molar-refractivity contribution in [3.05, 3.63) is 77.2 Å². The van der Waals surface area contributed by atoms with Crippen molar-refractivity contribution in [3.63, 3.8) is 0 Å². The van der Waals surface area contributed by atoms with E-state index in [0.717, 1.165) is 11.0 Å². The number of aliphatic hydroxyl groups is 1. The maximum atomic E-state index is 13.3. The number of benzene rings is 2. The first-order chi connectivity index (χ1) is 18.0. The van der Waals surface area contributed by atoms with Crippen molar-refractivity contribution in [1.29, 1.82) is 0 Å². The molecule has 2 N–H and O–H groups in total. The van der Waals surface area contributed by atoms with Gasteiger partial charge in [0.1, 0.15) is 0 Å². The molecule has 1 aliphatic rings. The predicted octanol–water partition coefficient (Wildman–Crippen LogP) is 2.91. The number of amides is 1. The molecule has 1 amide bonds. The summed E-state index contributed by atoms with van der Waals surface area (Å²) in [7, 11) is -7.36. The van der Waals surface area contributed by atoms with E-state index in [4.69, 9.17) is 0 Å². The molecule has 1 saturated heterocycles. The van der Waals surface area contributed by atoms with Crippen LogP contribution in [-0.2, 0) is 26.6 Å². The van der Waals surface area contributed by atoms with Crippen molar-refractivity contribution in [1.82, 2.24) is 13.9 Å². The van der Waals surface area contributed by atoms with Crippen molar-refractivity contribution in [2.45, 2.75) is 44.0 Å². The molecule has 0 aromatic heterocycles. The lowest BCUT2D eigenvalue weighted by molar-refractivity contribution is 0.0732. The van der Waals surface area contributed by atoms with Gasteiger partial charge in [0.25, 0.3) is 5.91 Å². The smallest absolute Gasteiger partial charge is 0.254 e. The normalized spacial score (nSPS) is 16.6. The van der Waals surface area contributed by atoms with Gasteiger partial charge in [-0.1, -0.05) is 44.7 Å². The minimum atomic E-state index is -3.79. The lowest BCUT2D eigenvalue weighted by Crippen LogP contribution is -2.33. The van der Waals surface area contributed by atoms with E-state index in [-0.39, 0.29) is 43.0 Å². The quantitative estimate of drug-likeness (QED) is 0.386. The Morgan fingerprint density at radius 2 is 1.79 bits per heavy atom. The zero-order chi connectivity index (χ0) is 27.9. The fraction of sp³-hybridized carbons (Fsp3) is 0.444. The average molecular weight is 564 g/mol. The Labute approximate surface area is 226 Å². The molecule has 0 saturated carbocycles. The average Bonchev–Trinajstić information content (AvgIpc) is 3.40. The van der Waals surface area contributed by atoms with Gasteiger partial charge in [0.15, 0.2) is 0 Å². The van der Waals surface area contributed by atoms with Crippen LogP contribution in [0.5, 0.6) is 0 Å². The summed E-state index contributed by atoms with van der Waals surface area (Å²) in [5.74, 6) is 0.0172. The van der Waals surface area contributed by atoms with Crippen molar-refractivity contribution >= 4 is 26.0 Å². The summed E-state index contributed by atoms with van der Waals surface area (Å²) >= 11 is 0. The summed E-state index contributed by atoms with van der Waals surface area (Å²) in [5.41, 5.74) is 2.54. The van der Waals surface area contributed by atoms with E-state index in [2.05, 4.69) is 25.1 Å². The number of nitrogens with zero attached hydrogens (tertiary/aromatic N) is 2. The van der Waals surface area contributed by atoms with Crippen LogP contribution in [0, 0.1) is 5.92 Å². The summed E-state index contributed by atoms with van der Waals surface area (Å²) in [6, 6.07) is 14.0. The molecule has 2 aromatic carbocycles. The van der Waals surface area contributed by atoms with Crippen LogP contribution < -0.4 is 4.72 Å². The lowest BCUT2D eigenvalue weighted by atomic mass is 10.0. The van der Waals surface area contributed by atoms with E-state index < -0.39 is 20.0 Å². The van der Waals surface area contributed by atoms with E-state index in [0.29, 0.717) is 37.4 Å². The zero-order valence-electron chi connectivity index (χ0n) is 21.9. The first kappa shape index (κ1) is 30.0. The van der Waals surface area contributed by atoms with Crippen LogP contribution >= 0.6 is 0 Å². The number of carbonyl (C=O) groups excluding carboxylic acids is 1. The molecule has 1 unspecified atom stereocenters. The number of rotatable bonds is 13.